The van der Waals surface area contributed by atoms with Crippen LogP contribution >= 0.6 is 0 Å². The molecule has 0 unspecified atom stereocenters. The van der Waals surface area contributed by atoms with Gasteiger partial charge in [0, 0.05) is 5.56 Å². The molecule has 1 aromatic carbocycles. The number of nitrogens with zero attached hydrogens (tertiary/aromatic N) is 1. The Labute approximate surface area is 132 Å². The largest absolute Gasteiger partial charge is 0.433 e. The van der Waals surface area contributed by atoms with E-state index in [1.165, 1.54) is 0 Å². The van der Waals surface area contributed by atoms with E-state index in [2.05, 4.69) is 4.98 Å². The predicted molar refractivity (Wildman–Crippen MR) is 71.7 cm³/mol. The number of aromatic nitrogens is 1. The first kappa shape index (κ1) is 18.2. The molecule has 0 amide bonds. The monoisotopic (exact) mass is 351 g/mol. The van der Waals surface area contributed by atoms with Crippen molar-refractivity contribution < 1.29 is 36.6 Å². The van der Waals surface area contributed by atoms with Gasteiger partial charge in [-0.1, -0.05) is 12.1 Å². The van der Waals surface area contributed by atoms with Gasteiger partial charge < -0.3 is 10.2 Å². The third-order valence-corrected chi connectivity index (χ3v) is 3.20. The van der Waals surface area contributed by atoms with Gasteiger partial charge in [0.2, 0.25) is 0 Å². The maximum Gasteiger partial charge on any atom is 0.433 e. The Hall–Kier alpha value is -2.13. The average Bonchev–Trinajstić information content (AvgIpc) is 2.52. The summed E-state index contributed by atoms with van der Waals surface area (Å²) in [6, 6.07) is 5.08. The summed E-state index contributed by atoms with van der Waals surface area (Å²) in [7, 11) is 0. The summed E-state index contributed by atoms with van der Waals surface area (Å²) in [4.78, 5) is 3.38. The standard InChI is InChI=1S/C15H11F6NO2/c16-14(17,18)10-3-1-8(2-4-10)11-5-9(12(24)7-23)6-13(22-11)15(19,20)21/h1-6,12,23-24H,7H2/t12-/m1/s1. The van der Waals surface area contributed by atoms with Crippen LogP contribution in [0.1, 0.15) is 22.9 Å². The summed E-state index contributed by atoms with van der Waals surface area (Å²) in [5.41, 5.74) is -2.76. The number of alkyl halides is 6. The molecular formula is C15H11F6NO2. The normalized spacial score (nSPS) is 13.8. The number of aliphatic hydroxyl groups excluding tert-OH is 2. The highest BCUT2D eigenvalue weighted by Gasteiger charge is 2.34. The fraction of sp³-hybridized carbons (Fsp3) is 0.267. The van der Waals surface area contributed by atoms with Gasteiger partial charge >= 0.3 is 12.4 Å². The van der Waals surface area contributed by atoms with Gasteiger partial charge in [0.15, 0.2) is 0 Å². The summed E-state index contributed by atoms with van der Waals surface area (Å²) >= 11 is 0. The van der Waals surface area contributed by atoms with E-state index in [0.29, 0.717) is 6.07 Å². The summed E-state index contributed by atoms with van der Waals surface area (Å²) < 4.78 is 76.3. The van der Waals surface area contributed by atoms with Gasteiger partial charge in [-0.2, -0.15) is 26.3 Å². The van der Waals surface area contributed by atoms with Crippen LogP contribution in [0, 0.1) is 0 Å². The first-order valence-corrected chi connectivity index (χ1v) is 6.58. The van der Waals surface area contributed by atoms with Crippen molar-refractivity contribution >= 4 is 0 Å². The molecule has 0 radical (unpaired) electrons. The first-order chi connectivity index (χ1) is 11.0. The summed E-state index contributed by atoms with van der Waals surface area (Å²) in [6.07, 6.45) is -11.0. The van der Waals surface area contributed by atoms with Gasteiger partial charge in [0.05, 0.1) is 17.9 Å². The van der Waals surface area contributed by atoms with Crippen LogP contribution in [0.4, 0.5) is 26.3 Å². The maximum atomic E-state index is 12.9. The topological polar surface area (TPSA) is 53.4 Å². The van der Waals surface area contributed by atoms with Crippen LogP contribution in [0.5, 0.6) is 0 Å². The van der Waals surface area contributed by atoms with Gasteiger partial charge in [-0.15, -0.1) is 0 Å². The third-order valence-electron chi connectivity index (χ3n) is 3.20. The molecule has 0 fully saturated rings. The molecule has 1 heterocycles. The average molecular weight is 351 g/mol. The zero-order valence-electron chi connectivity index (χ0n) is 11.9. The summed E-state index contributed by atoms with van der Waals surface area (Å²) in [5.74, 6) is 0. The van der Waals surface area contributed by atoms with E-state index in [0.717, 1.165) is 30.3 Å². The fourth-order valence-corrected chi connectivity index (χ4v) is 1.97. The highest BCUT2D eigenvalue weighted by Crippen LogP contribution is 2.34. The molecular weight excluding hydrogens is 340 g/mol. The Kier molecular flexibility index (Phi) is 4.86. The van der Waals surface area contributed by atoms with Crippen molar-refractivity contribution in [2.45, 2.75) is 18.5 Å². The van der Waals surface area contributed by atoms with E-state index in [9.17, 15) is 31.4 Å². The maximum absolute atomic E-state index is 12.9. The van der Waals surface area contributed by atoms with Crippen LogP contribution in [0.15, 0.2) is 36.4 Å². The molecule has 3 nitrogen and oxygen atoms in total. The minimum atomic E-state index is -4.81. The lowest BCUT2D eigenvalue weighted by atomic mass is 10.0. The van der Waals surface area contributed by atoms with Crippen molar-refractivity contribution in [2.24, 2.45) is 0 Å². The highest BCUT2D eigenvalue weighted by atomic mass is 19.4. The van der Waals surface area contributed by atoms with Crippen molar-refractivity contribution in [1.82, 2.24) is 4.98 Å². The molecule has 24 heavy (non-hydrogen) atoms. The highest BCUT2D eigenvalue weighted by molar-refractivity contribution is 5.61. The Morgan fingerprint density at radius 2 is 1.50 bits per heavy atom. The predicted octanol–water partition coefficient (Wildman–Crippen LogP) is 3.81. The van der Waals surface area contributed by atoms with Gasteiger partial charge in [0.25, 0.3) is 0 Å². The smallest absolute Gasteiger partial charge is 0.393 e. The van der Waals surface area contributed by atoms with Crippen molar-refractivity contribution in [3.05, 3.63) is 53.2 Å². The molecule has 0 saturated heterocycles. The van der Waals surface area contributed by atoms with Gasteiger partial charge in [-0.3, -0.25) is 0 Å². The Morgan fingerprint density at radius 1 is 0.917 bits per heavy atom. The molecule has 9 heteroatoms. The summed E-state index contributed by atoms with van der Waals surface area (Å²) in [5, 5.41) is 18.4. The van der Waals surface area contributed by atoms with E-state index >= 15 is 0 Å². The Bertz CT molecular complexity index is 709. The lowest BCUT2D eigenvalue weighted by Gasteiger charge is -2.14. The number of halogens is 6. The minimum Gasteiger partial charge on any atom is -0.393 e. The van der Waals surface area contributed by atoms with Gasteiger partial charge in [-0.25, -0.2) is 4.98 Å². The molecule has 0 aliphatic rings. The Morgan fingerprint density at radius 3 is 1.96 bits per heavy atom. The molecule has 0 aliphatic carbocycles. The molecule has 130 valence electrons. The molecule has 0 spiro atoms. The molecule has 2 N–H and O–H groups in total. The fourth-order valence-electron chi connectivity index (χ4n) is 1.97. The lowest BCUT2D eigenvalue weighted by Crippen LogP contribution is -2.12. The Balaban J connectivity index is 2.53. The van der Waals surface area contributed by atoms with E-state index < -0.39 is 36.3 Å². The number of benzene rings is 1. The molecule has 0 aliphatic heterocycles. The molecule has 1 atom stereocenters. The van der Waals surface area contributed by atoms with E-state index in [4.69, 9.17) is 5.11 Å². The minimum absolute atomic E-state index is 0.0143. The van der Waals surface area contributed by atoms with Gasteiger partial charge in [-0.05, 0) is 29.8 Å². The van der Waals surface area contributed by atoms with E-state index in [-0.39, 0.29) is 16.8 Å². The molecule has 0 saturated carbocycles. The molecule has 1 aromatic heterocycles. The van der Waals surface area contributed by atoms with Crippen LogP contribution in [0.2, 0.25) is 0 Å². The van der Waals surface area contributed by atoms with Crippen molar-refractivity contribution in [3.8, 4) is 11.3 Å². The molecule has 2 rings (SSSR count). The van der Waals surface area contributed by atoms with Crippen LogP contribution < -0.4 is 0 Å². The number of hydrogen-bond donors (Lipinski definition) is 2. The quantitative estimate of drug-likeness (QED) is 0.827. The van der Waals surface area contributed by atoms with Crippen molar-refractivity contribution in [2.75, 3.05) is 6.61 Å². The SMILES string of the molecule is OC[C@@H](O)c1cc(-c2ccc(C(F)(F)F)cc2)nc(C(F)(F)F)c1. The number of aliphatic hydroxyl groups is 2. The zero-order chi connectivity index (χ0) is 18.1. The van der Waals surface area contributed by atoms with E-state index in [1.54, 1.807) is 0 Å². The van der Waals surface area contributed by atoms with Crippen molar-refractivity contribution in [1.29, 1.82) is 0 Å². The van der Waals surface area contributed by atoms with Crippen LogP contribution in [-0.2, 0) is 12.4 Å². The summed E-state index contributed by atoms with van der Waals surface area (Å²) in [6.45, 7) is -0.812. The van der Waals surface area contributed by atoms with Crippen LogP contribution in [0.3, 0.4) is 0 Å². The second-order valence-electron chi connectivity index (χ2n) is 4.94. The number of pyridine rings is 1. The molecule has 2 aromatic rings. The second kappa shape index (κ2) is 6.40. The third kappa shape index (κ3) is 4.04. The van der Waals surface area contributed by atoms with E-state index in [1.807, 2.05) is 0 Å². The van der Waals surface area contributed by atoms with Crippen LogP contribution in [0.25, 0.3) is 11.3 Å². The van der Waals surface area contributed by atoms with Gasteiger partial charge in [0.1, 0.15) is 11.8 Å². The molecule has 0 bridgehead atoms. The number of rotatable bonds is 3. The zero-order valence-corrected chi connectivity index (χ0v) is 11.9. The second-order valence-corrected chi connectivity index (χ2v) is 4.94. The number of hydrogen-bond acceptors (Lipinski definition) is 3. The van der Waals surface area contributed by atoms with Crippen molar-refractivity contribution in [3.63, 3.8) is 0 Å². The first-order valence-electron chi connectivity index (χ1n) is 6.58. The van der Waals surface area contributed by atoms with Crippen LogP contribution in [-0.4, -0.2) is 21.8 Å². The lowest BCUT2D eigenvalue weighted by molar-refractivity contribution is -0.141.